The molecule has 2 aliphatic heterocycles. The number of halogens is 2. The zero-order valence-corrected chi connectivity index (χ0v) is 8.03. The van der Waals surface area contributed by atoms with Crippen LogP contribution in [0.5, 0.6) is 0 Å². The van der Waals surface area contributed by atoms with Gasteiger partial charge in [0.1, 0.15) is 4.21 Å². The minimum Gasteiger partial charge on any atom is -0.144 e. The van der Waals surface area contributed by atoms with Gasteiger partial charge >= 0.3 is 0 Å². The van der Waals surface area contributed by atoms with Gasteiger partial charge in [0.05, 0.1) is 15.7 Å². The number of thioether (sulfide) groups is 2. The normalized spacial score (nSPS) is 62.2. The van der Waals surface area contributed by atoms with Gasteiger partial charge in [-0.2, -0.15) is 0 Å². The zero-order chi connectivity index (χ0) is 6.93. The molecule has 4 unspecified atom stereocenters. The molecule has 3 aliphatic rings. The molecule has 3 rings (SSSR count). The van der Waals surface area contributed by atoms with Gasteiger partial charge < -0.3 is 0 Å². The van der Waals surface area contributed by atoms with Gasteiger partial charge in [0.15, 0.2) is 0 Å². The Labute approximate surface area is 77.7 Å². The molecular formula is C6H4Cl2S2. The van der Waals surface area contributed by atoms with E-state index < -0.39 is 0 Å². The average molecular weight is 211 g/mol. The quantitative estimate of drug-likeness (QED) is 0.446. The smallest absolute Gasteiger partial charge is 0.119 e. The molecule has 0 saturated carbocycles. The maximum Gasteiger partial charge on any atom is 0.119 e. The lowest BCUT2D eigenvalue weighted by Crippen LogP contribution is -2.19. The van der Waals surface area contributed by atoms with Crippen LogP contribution in [0.1, 0.15) is 0 Å². The highest BCUT2D eigenvalue weighted by Gasteiger charge is 2.70. The second kappa shape index (κ2) is 1.68. The summed E-state index contributed by atoms with van der Waals surface area (Å²) in [6.07, 6.45) is 2.11. The zero-order valence-electron chi connectivity index (χ0n) is 4.88. The van der Waals surface area contributed by atoms with Crippen molar-refractivity contribution in [2.45, 2.75) is 20.0 Å². The number of alkyl halides is 1. The lowest BCUT2D eigenvalue weighted by Gasteiger charge is -2.06. The number of rotatable bonds is 0. The Hall–Kier alpha value is 1.02. The third-order valence-corrected chi connectivity index (χ3v) is 6.56. The summed E-state index contributed by atoms with van der Waals surface area (Å²) in [5.41, 5.74) is 0. The fourth-order valence-corrected chi connectivity index (χ4v) is 5.31. The molecule has 54 valence electrons. The lowest BCUT2D eigenvalue weighted by molar-refractivity contribution is 0.863. The van der Waals surface area contributed by atoms with Crippen LogP contribution in [0.3, 0.4) is 0 Å². The fraction of sp³-hybridized carbons (Fsp3) is 0.667. The standard InChI is InChI=1S/C6H4Cl2S2/c7-2-1-3-6(8,10-3)5-4(2)9-5/h1,3-5H. The summed E-state index contributed by atoms with van der Waals surface area (Å²) in [6, 6.07) is 0. The van der Waals surface area contributed by atoms with Crippen molar-refractivity contribution >= 4 is 46.7 Å². The maximum atomic E-state index is 6.24. The second-order valence-electron chi connectivity index (χ2n) is 2.77. The van der Waals surface area contributed by atoms with E-state index in [-0.39, 0.29) is 4.21 Å². The Morgan fingerprint density at radius 3 is 3.20 bits per heavy atom. The first kappa shape index (κ1) is 6.53. The van der Waals surface area contributed by atoms with Gasteiger partial charge in [-0.05, 0) is 0 Å². The van der Waals surface area contributed by atoms with E-state index in [4.69, 9.17) is 23.2 Å². The van der Waals surface area contributed by atoms with E-state index in [0.29, 0.717) is 15.7 Å². The molecule has 0 amide bonds. The van der Waals surface area contributed by atoms with E-state index in [2.05, 4.69) is 6.08 Å². The summed E-state index contributed by atoms with van der Waals surface area (Å²) >= 11 is 15.9. The molecule has 0 aromatic rings. The van der Waals surface area contributed by atoms with Crippen molar-refractivity contribution in [1.29, 1.82) is 0 Å². The molecule has 2 saturated heterocycles. The predicted molar refractivity (Wildman–Crippen MR) is 49.1 cm³/mol. The molecule has 0 bridgehead atoms. The van der Waals surface area contributed by atoms with Crippen molar-refractivity contribution in [3.63, 3.8) is 0 Å². The van der Waals surface area contributed by atoms with E-state index in [0.717, 1.165) is 5.03 Å². The van der Waals surface area contributed by atoms with Crippen molar-refractivity contribution in [3.8, 4) is 0 Å². The molecule has 0 nitrogen and oxygen atoms in total. The molecular weight excluding hydrogens is 207 g/mol. The number of hydrogen-bond donors (Lipinski definition) is 0. The summed E-state index contributed by atoms with van der Waals surface area (Å²) in [5.74, 6) is 0. The summed E-state index contributed by atoms with van der Waals surface area (Å²) < 4.78 is 0.0493. The van der Waals surface area contributed by atoms with Crippen LogP contribution in [-0.4, -0.2) is 20.0 Å². The van der Waals surface area contributed by atoms with Crippen molar-refractivity contribution in [2.75, 3.05) is 0 Å². The predicted octanol–water partition coefficient (Wildman–Crippen LogP) is 2.66. The molecule has 0 aromatic carbocycles. The van der Waals surface area contributed by atoms with Crippen LogP contribution in [0.15, 0.2) is 11.1 Å². The van der Waals surface area contributed by atoms with Crippen LogP contribution in [0, 0.1) is 0 Å². The largest absolute Gasteiger partial charge is 0.144 e. The Balaban J connectivity index is 2.05. The Bertz CT molecular complexity index is 240. The Morgan fingerprint density at radius 2 is 2.40 bits per heavy atom. The molecule has 4 heteroatoms. The van der Waals surface area contributed by atoms with Gasteiger partial charge in [0, 0.05) is 5.03 Å². The minimum atomic E-state index is 0.0493. The van der Waals surface area contributed by atoms with Crippen molar-refractivity contribution in [1.82, 2.24) is 0 Å². The van der Waals surface area contributed by atoms with Gasteiger partial charge in [-0.3, -0.25) is 0 Å². The molecule has 0 radical (unpaired) electrons. The SMILES string of the molecule is ClC1=CC2SC2(Cl)C2SC12. The fourth-order valence-electron chi connectivity index (χ4n) is 1.40. The second-order valence-corrected chi connectivity index (χ2v) is 6.76. The van der Waals surface area contributed by atoms with Gasteiger partial charge in [0.25, 0.3) is 0 Å². The first-order valence-electron chi connectivity index (χ1n) is 3.11. The topological polar surface area (TPSA) is 0 Å². The minimum absolute atomic E-state index is 0.0493. The summed E-state index contributed by atoms with van der Waals surface area (Å²) in [4.78, 5) is 0. The van der Waals surface area contributed by atoms with Gasteiger partial charge in [-0.1, -0.05) is 17.7 Å². The van der Waals surface area contributed by atoms with Crippen LogP contribution in [-0.2, 0) is 0 Å². The van der Waals surface area contributed by atoms with E-state index >= 15 is 0 Å². The summed E-state index contributed by atoms with van der Waals surface area (Å²) in [6.45, 7) is 0. The molecule has 2 heterocycles. The first-order chi connectivity index (χ1) is 4.72. The molecule has 2 fully saturated rings. The number of hydrogen-bond acceptors (Lipinski definition) is 2. The number of fused-ring (bicyclic) bond motifs is 3. The van der Waals surface area contributed by atoms with Gasteiger partial charge in [-0.15, -0.1) is 35.1 Å². The molecule has 0 aromatic heterocycles. The maximum absolute atomic E-state index is 6.24. The van der Waals surface area contributed by atoms with Crippen molar-refractivity contribution in [2.24, 2.45) is 0 Å². The summed E-state index contributed by atoms with van der Waals surface area (Å²) in [5, 5.41) is 2.70. The third kappa shape index (κ3) is 0.644. The Kier molecular flexibility index (Phi) is 1.10. The van der Waals surface area contributed by atoms with Crippen LogP contribution in [0.2, 0.25) is 0 Å². The average Bonchev–Trinajstić information content (AvgIpc) is 2.61. The van der Waals surface area contributed by atoms with Gasteiger partial charge in [-0.25, -0.2) is 0 Å². The molecule has 10 heavy (non-hydrogen) atoms. The van der Waals surface area contributed by atoms with E-state index in [9.17, 15) is 0 Å². The van der Waals surface area contributed by atoms with Gasteiger partial charge in [0.2, 0.25) is 0 Å². The van der Waals surface area contributed by atoms with Crippen LogP contribution in [0.25, 0.3) is 0 Å². The highest BCUT2D eigenvalue weighted by Crippen LogP contribution is 2.74. The third-order valence-electron chi connectivity index (χ3n) is 2.10. The highest BCUT2D eigenvalue weighted by atomic mass is 35.5. The Morgan fingerprint density at radius 1 is 1.60 bits per heavy atom. The lowest BCUT2D eigenvalue weighted by atomic mass is 10.1. The monoisotopic (exact) mass is 210 g/mol. The van der Waals surface area contributed by atoms with Crippen LogP contribution < -0.4 is 0 Å². The van der Waals surface area contributed by atoms with E-state index in [1.165, 1.54) is 0 Å². The summed E-state index contributed by atoms with van der Waals surface area (Å²) in [7, 11) is 0. The van der Waals surface area contributed by atoms with E-state index in [1.807, 2.05) is 23.5 Å². The molecule has 1 aliphatic carbocycles. The van der Waals surface area contributed by atoms with Crippen LogP contribution >= 0.6 is 46.7 Å². The first-order valence-corrected chi connectivity index (χ1v) is 5.69. The van der Waals surface area contributed by atoms with Crippen molar-refractivity contribution < 1.29 is 0 Å². The molecule has 4 atom stereocenters. The molecule has 0 spiro atoms. The highest BCUT2D eigenvalue weighted by molar-refractivity contribution is 8.15. The van der Waals surface area contributed by atoms with Crippen molar-refractivity contribution in [3.05, 3.63) is 11.1 Å². The van der Waals surface area contributed by atoms with E-state index in [1.54, 1.807) is 0 Å². The van der Waals surface area contributed by atoms with Crippen LogP contribution in [0.4, 0.5) is 0 Å². The molecule has 0 N–H and O–H groups in total.